The van der Waals surface area contributed by atoms with Crippen LogP contribution in [0.25, 0.3) is 0 Å². The molecule has 0 spiro atoms. The van der Waals surface area contributed by atoms with Gasteiger partial charge in [0, 0.05) is 36.7 Å². The average molecular weight is 318 g/mol. The van der Waals surface area contributed by atoms with E-state index < -0.39 is 0 Å². The zero-order chi connectivity index (χ0) is 15.4. The Kier molecular flexibility index (Phi) is 5.13. The van der Waals surface area contributed by atoms with Crippen molar-refractivity contribution in [2.75, 3.05) is 6.54 Å². The summed E-state index contributed by atoms with van der Waals surface area (Å²) in [6, 6.07) is 1.93. The van der Waals surface area contributed by atoms with Gasteiger partial charge in [0.1, 0.15) is 0 Å². The van der Waals surface area contributed by atoms with Gasteiger partial charge < -0.3 is 5.32 Å². The lowest BCUT2D eigenvalue weighted by atomic mass is 9.89. The quantitative estimate of drug-likeness (QED) is 0.927. The van der Waals surface area contributed by atoms with Crippen LogP contribution in [0.4, 0.5) is 0 Å². The molecule has 3 rings (SSSR count). The monoisotopic (exact) mass is 318 g/mol. The summed E-state index contributed by atoms with van der Waals surface area (Å²) in [6.07, 6.45) is 10.5. The molecule has 22 heavy (non-hydrogen) atoms. The second-order valence-electron chi connectivity index (χ2n) is 6.25. The van der Waals surface area contributed by atoms with Crippen molar-refractivity contribution in [3.63, 3.8) is 0 Å². The minimum absolute atomic E-state index is 0.00827. The number of carbonyl (C=O) groups excluding carboxylic acids is 2. The number of aromatic nitrogens is 1. The molecule has 1 atom stereocenters. The van der Waals surface area contributed by atoms with Gasteiger partial charge in [-0.05, 0) is 30.4 Å². The van der Waals surface area contributed by atoms with Crippen molar-refractivity contribution in [1.29, 1.82) is 0 Å². The van der Waals surface area contributed by atoms with Crippen molar-refractivity contribution >= 4 is 23.5 Å². The first kappa shape index (κ1) is 15.5. The molecule has 2 aliphatic rings. The summed E-state index contributed by atoms with van der Waals surface area (Å²) in [6.45, 7) is 0.769. The van der Waals surface area contributed by atoms with E-state index in [0.717, 1.165) is 17.0 Å². The number of rotatable bonds is 4. The first-order chi connectivity index (χ1) is 10.7. The van der Waals surface area contributed by atoms with Crippen LogP contribution in [0.5, 0.6) is 0 Å². The van der Waals surface area contributed by atoms with Crippen LogP contribution in [-0.4, -0.2) is 28.5 Å². The van der Waals surface area contributed by atoms with Gasteiger partial charge in [-0.2, -0.15) is 0 Å². The van der Waals surface area contributed by atoms with Gasteiger partial charge >= 0.3 is 0 Å². The minimum Gasteiger partial charge on any atom is -0.356 e. The van der Waals surface area contributed by atoms with Crippen LogP contribution in [0, 0.1) is 5.92 Å². The fraction of sp³-hybridized carbons (Fsp3) is 0.588. The number of thioether (sulfide) groups is 1. The second-order valence-corrected chi connectivity index (χ2v) is 7.49. The molecule has 118 valence electrons. The average Bonchev–Trinajstić information content (AvgIpc) is 2.55. The van der Waals surface area contributed by atoms with Gasteiger partial charge in [0.05, 0.1) is 5.25 Å². The molecule has 1 amide bonds. The Morgan fingerprint density at radius 1 is 1.32 bits per heavy atom. The number of nitrogens with one attached hydrogen (secondary N) is 1. The number of ketones is 1. The number of pyridine rings is 1. The van der Waals surface area contributed by atoms with Crippen molar-refractivity contribution in [2.45, 2.75) is 55.1 Å². The predicted molar refractivity (Wildman–Crippen MR) is 86.8 cm³/mol. The third kappa shape index (κ3) is 3.88. The Labute approximate surface area is 135 Å². The lowest BCUT2D eigenvalue weighted by Crippen LogP contribution is -2.35. The molecule has 1 aromatic heterocycles. The summed E-state index contributed by atoms with van der Waals surface area (Å²) in [5, 5.41) is 2.78. The molecule has 1 saturated carbocycles. The molecule has 1 N–H and O–H groups in total. The summed E-state index contributed by atoms with van der Waals surface area (Å²) < 4.78 is 0. The van der Waals surface area contributed by atoms with Gasteiger partial charge in [-0.25, -0.2) is 0 Å². The summed E-state index contributed by atoms with van der Waals surface area (Å²) in [4.78, 5) is 29.4. The minimum atomic E-state index is -0.249. The smallest absolute Gasteiger partial charge is 0.221 e. The van der Waals surface area contributed by atoms with E-state index in [4.69, 9.17) is 0 Å². The van der Waals surface area contributed by atoms with E-state index in [9.17, 15) is 9.59 Å². The molecule has 0 aromatic carbocycles. The topological polar surface area (TPSA) is 59.1 Å². The highest BCUT2D eigenvalue weighted by Crippen LogP contribution is 2.34. The maximum Gasteiger partial charge on any atom is 0.221 e. The fourth-order valence-corrected chi connectivity index (χ4v) is 4.40. The predicted octanol–water partition coefficient (Wildman–Crippen LogP) is 2.75. The highest BCUT2D eigenvalue weighted by molar-refractivity contribution is 8.00. The third-order valence-electron chi connectivity index (χ3n) is 4.54. The Morgan fingerprint density at radius 3 is 2.95 bits per heavy atom. The molecular formula is C17H22N2O2S. The van der Waals surface area contributed by atoms with E-state index in [1.165, 1.54) is 43.9 Å². The second kappa shape index (κ2) is 7.27. The van der Waals surface area contributed by atoms with E-state index in [0.29, 0.717) is 12.3 Å². The maximum absolute atomic E-state index is 12.2. The first-order valence-electron chi connectivity index (χ1n) is 8.11. The molecule has 0 bridgehead atoms. The van der Waals surface area contributed by atoms with Crippen molar-refractivity contribution < 1.29 is 9.59 Å². The van der Waals surface area contributed by atoms with E-state index in [1.54, 1.807) is 12.4 Å². The van der Waals surface area contributed by atoms with Crippen molar-refractivity contribution in [3.8, 4) is 0 Å². The lowest BCUT2D eigenvalue weighted by Gasteiger charge is -2.24. The normalized spacial score (nSPS) is 22.2. The van der Waals surface area contributed by atoms with Gasteiger partial charge in [0.2, 0.25) is 5.91 Å². The third-order valence-corrected chi connectivity index (χ3v) is 5.90. The molecule has 0 saturated heterocycles. The molecule has 1 aliphatic carbocycles. The fourth-order valence-electron chi connectivity index (χ4n) is 3.23. The van der Waals surface area contributed by atoms with Crippen LogP contribution in [0.2, 0.25) is 0 Å². The number of fused-ring (bicyclic) bond motifs is 1. The number of carbonyl (C=O) groups is 2. The first-order valence-corrected chi connectivity index (χ1v) is 8.99. The molecule has 1 fully saturated rings. The molecule has 2 heterocycles. The van der Waals surface area contributed by atoms with E-state index in [1.807, 2.05) is 6.07 Å². The van der Waals surface area contributed by atoms with Gasteiger partial charge in [0.15, 0.2) is 5.78 Å². The van der Waals surface area contributed by atoms with E-state index in [2.05, 4.69) is 10.3 Å². The van der Waals surface area contributed by atoms with E-state index in [-0.39, 0.29) is 23.4 Å². The Bertz CT molecular complexity index is 555. The number of nitrogens with zero attached hydrogens (tertiary/aromatic N) is 1. The van der Waals surface area contributed by atoms with Crippen LogP contribution >= 0.6 is 11.8 Å². The van der Waals surface area contributed by atoms with Crippen LogP contribution in [0.3, 0.4) is 0 Å². The van der Waals surface area contributed by atoms with Gasteiger partial charge in [-0.1, -0.05) is 19.3 Å². The summed E-state index contributed by atoms with van der Waals surface area (Å²) in [7, 11) is 0. The van der Waals surface area contributed by atoms with Crippen LogP contribution in [0.15, 0.2) is 23.4 Å². The molecule has 4 nitrogen and oxygen atoms in total. The number of amides is 1. The van der Waals surface area contributed by atoms with Gasteiger partial charge in [-0.3, -0.25) is 14.6 Å². The largest absolute Gasteiger partial charge is 0.356 e. The standard InChI is InChI=1S/C17H22N2O2S/c20-14-8-13-11-18-7-6-15(13)22-16(14)9-17(21)19-10-12-4-2-1-3-5-12/h6-7,11-12,16H,1-5,8-10H2,(H,19,21). The van der Waals surface area contributed by atoms with Crippen molar-refractivity contribution in [3.05, 3.63) is 24.0 Å². The highest BCUT2D eigenvalue weighted by Gasteiger charge is 2.29. The Hall–Kier alpha value is -1.36. The van der Waals surface area contributed by atoms with Crippen LogP contribution in [-0.2, 0) is 16.0 Å². The highest BCUT2D eigenvalue weighted by atomic mass is 32.2. The molecule has 1 aromatic rings. The maximum atomic E-state index is 12.2. The zero-order valence-corrected chi connectivity index (χ0v) is 13.5. The van der Waals surface area contributed by atoms with E-state index >= 15 is 0 Å². The van der Waals surface area contributed by atoms with Crippen LogP contribution in [0.1, 0.15) is 44.1 Å². The Balaban J connectivity index is 1.50. The Morgan fingerprint density at radius 2 is 2.14 bits per heavy atom. The van der Waals surface area contributed by atoms with Crippen molar-refractivity contribution in [2.24, 2.45) is 5.92 Å². The molecule has 1 unspecified atom stereocenters. The lowest BCUT2D eigenvalue weighted by molar-refractivity contribution is -0.125. The SMILES string of the molecule is O=C(CC1Sc2ccncc2CC1=O)NCC1CCCCC1. The van der Waals surface area contributed by atoms with Crippen LogP contribution < -0.4 is 5.32 Å². The summed E-state index contributed by atoms with van der Waals surface area (Å²) >= 11 is 1.50. The summed E-state index contributed by atoms with van der Waals surface area (Å²) in [5.74, 6) is 0.770. The number of hydrogen-bond acceptors (Lipinski definition) is 4. The number of Topliss-reactive ketones (excluding diaryl/α,β-unsaturated/α-hetero) is 1. The number of hydrogen-bond donors (Lipinski definition) is 1. The molecule has 5 heteroatoms. The molecule has 0 radical (unpaired) electrons. The molecular weight excluding hydrogens is 296 g/mol. The molecule has 1 aliphatic heterocycles. The van der Waals surface area contributed by atoms with Gasteiger partial charge in [-0.15, -0.1) is 11.8 Å². The van der Waals surface area contributed by atoms with Crippen molar-refractivity contribution in [1.82, 2.24) is 10.3 Å². The summed E-state index contributed by atoms with van der Waals surface area (Å²) in [5.41, 5.74) is 0.983. The van der Waals surface area contributed by atoms with Gasteiger partial charge in [0.25, 0.3) is 0 Å². The zero-order valence-electron chi connectivity index (χ0n) is 12.7.